The zero-order valence-electron chi connectivity index (χ0n) is 14.4. The van der Waals surface area contributed by atoms with Crippen LogP contribution < -0.4 is 4.74 Å². The third-order valence-corrected chi connectivity index (χ3v) is 4.78. The maximum Gasteiger partial charge on any atom is 0.319 e. The molecule has 2 atom stereocenters. The summed E-state index contributed by atoms with van der Waals surface area (Å²) in [6.45, 7) is 2.04. The van der Waals surface area contributed by atoms with Crippen LogP contribution in [-0.2, 0) is 9.53 Å². The molecule has 130 valence electrons. The minimum Gasteiger partial charge on any atom is -0.465 e. The standard InChI is InChI=1S/C22H19NO3/c1-2-25-22(24)20-18(15-9-4-3-5-10-15)19-16-11-7-6-8-14(16)12-13-17(19)26-21(20)23/h3-13,18,20,23H,2H2,1H3. The molecule has 0 aliphatic carbocycles. The summed E-state index contributed by atoms with van der Waals surface area (Å²) in [5, 5.41) is 10.5. The minimum atomic E-state index is -0.796. The van der Waals surface area contributed by atoms with Crippen LogP contribution in [0.15, 0.2) is 66.7 Å². The molecule has 0 radical (unpaired) electrons. The van der Waals surface area contributed by atoms with Crippen LogP contribution in [0.2, 0.25) is 0 Å². The van der Waals surface area contributed by atoms with E-state index in [9.17, 15) is 4.79 Å². The van der Waals surface area contributed by atoms with Gasteiger partial charge in [-0.05, 0) is 29.3 Å². The van der Waals surface area contributed by atoms with Gasteiger partial charge >= 0.3 is 5.97 Å². The number of ether oxygens (including phenoxy) is 2. The van der Waals surface area contributed by atoms with E-state index in [1.54, 1.807) is 6.92 Å². The van der Waals surface area contributed by atoms with Crippen LogP contribution in [0.25, 0.3) is 10.8 Å². The number of rotatable bonds is 3. The van der Waals surface area contributed by atoms with Crippen LogP contribution in [0.5, 0.6) is 5.75 Å². The highest BCUT2D eigenvalue weighted by molar-refractivity contribution is 6.03. The second-order valence-electron chi connectivity index (χ2n) is 6.28. The first kappa shape index (κ1) is 16.3. The van der Waals surface area contributed by atoms with E-state index in [0.29, 0.717) is 5.75 Å². The van der Waals surface area contributed by atoms with Crippen LogP contribution in [0.3, 0.4) is 0 Å². The summed E-state index contributed by atoms with van der Waals surface area (Å²) < 4.78 is 11.0. The number of fused-ring (bicyclic) bond motifs is 3. The van der Waals surface area contributed by atoms with E-state index in [2.05, 4.69) is 0 Å². The average molecular weight is 345 g/mol. The lowest BCUT2D eigenvalue weighted by atomic mass is 9.76. The average Bonchev–Trinajstić information content (AvgIpc) is 2.67. The van der Waals surface area contributed by atoms with Gasteiger partial charge in [-0.1, -0.05) is 60.7 Å². The van der Waals surface area contributed by atoms with Gasteiger partial charge in [0.15, 0.2) is 0 Å². The fourth-order valence-corrected chi connectivity index (χ4v) is 3.68. The van der Waals surface area contributed by atoms with Crippen molar-refractivity contribution in [3.63, 3.8) is 0 Å². The lowest BCUT2D eigenvalue weighted by Gasteiger charge is -2.33. The maximum atomic E-state index is 12.7. The van der Waals surface area contributed by atoms with Gasteiger partial charge in [-0.15, -0.1) is 0 Å². The Bertz CT molecular complexity index is 981. The Morgan fingerprint density at radius 3 is 2.54 bits per heavy atom. The first-order chi connectivity index (χ1) is 12.7. The molecule has 0 aromatic heterocycles. The highest BCUT2D eigenvalue weighted by atomic mass is 16.5. The van der Waals surface area contributed by atoms with Crippen molar-refractivity contribution in [3.8, 4) is 5.75 Å². The topological polar surface area (TPSA) is 59.4 Å². The molecule has 3 aromatic rings. The predicted molar refractivity (Wildman–Crippen MR) is 101 cm³/mol. The van der Waals surface area contributed by atoms with E-state index in [1.807, 2.05) is 66.7 Å². The van der Waals surface area contributed by atoms with E-state index in [-0.39, 0.29) is 18.4 Å². The molecule has 1 aliphatic rings. The summed E-state index contributed by atoms with van der Waals surface area (Å²) in [5.41, 5.74) is 1.90. The number of carbonyl (C=O) groups is 1. The normalized spacial score (nSPS) is 18.9. The molecule has 0 saturated carbocycles. The van der Waals surface area contributed by atoms with Crippen molar-refractivity contribution in [2.45, 2.75) is 12.8 Å². The SMILES string of the molecule is CCOC(=O)C1C(=N)Oc2ccc3ccccc3c2C1c1ccccc1. The van der Waals surface area contributed by atoms with Crippen molar-refractivity contribution in [2.75, 3.05) is 6.61 Å². The Morgan fingerprint density at radius 2 is 1.77 bits per heavy atom. The molecule has 3 aromatic carbocycles. The van der Waals surface area contributed by atoms with E-state index in [4.69, 9.17) is 14.9 Å². The maximum absolute atomic E-state index is 12.7. The Hall–Kier alpha value is -3.14. The molecule has 0 bridgehead atoms. The molecule has 1 heterocycles. The summed E-state index contributed by atoms with van der Waals surface area (Å²) in [7, 11) is 0. The van der Waals surface area contributed by atoms with E-state index in [0.717, 1.165) is 21.9 Å². The lowest BCUT2D eigenvalue weighted by Crippen LogP contribution is -2.38. The van der Waals surface area contributed by atoms with Gasteiger partial charge < -0.3 is 9.47 Å². The van der Waals surface area contributed by atoms with Crippen molar-refractivity contribution < 1.29 is 14.3 Å². The van der Waals surface area contributed by atoms with Crippen molar-refractivity contribution in [1.82, 2.24) is 0 Å². The molecule has 26 heavy (non-hydrogen) atoms. The van der Waals surface area contributed by atoms with E-state index in [1.165, 1.54) is 0 Å². The van der Waals surface area contributed by atoms with Gasteiger partial charge in [0, 0.05) is 11.5 Å². The summed E-state index contributed by atoms with van der Waals surface area (Å²) in [4.78, 5) is 12.7. The summed E-state index contributed by atoms with van der Waals surface area (Å²) in [5.74, 6) is -0.985. The zero-order chi connectivity index (χ0) is 18.1. The number of hydrogen-bond acceptors (Lipinski definition) is 4. The highest BCUT2D eigenvalue weighted by Crippen LogP contribution is 2.46. The van der Waals surface area contributed by atoms with E-state index >= 15 is 0 Å². The summed E-state index contributed by atoms with van der Waals surface area (Å²) in [6, 6.07) is 21.7. The molecular weight excluding hydrogens is 326 g/mol. The van der Waals surface area contributed by atoms with Crippen molar-refractivity contribution in [3.05, 3.63) is 77.9 Å². The molecule has 1 aliphatic heterocycles. The Kier molecular flexibility index (Phi) is 4.17. The Balaban J connectivity index is 1.99. The number of esters is 1. The minimum absolute atomic E-state index is 0.0694. The van der Waals surface area contributed by atoms with Crippen LogP contribution >= 0.6 is 0 Å². The quantitative estimate of drug-likeness (QED) is 0.710. The van der Waals surface area contributed by atoms with Crippen molar-refractivity contribution in [2.24, 2.45) is 5.92 Å². The van der Waals surface area contributed by atoms with Gasteiger partial charge in [-0.3, -0.25) is 10.2 Å². The monoisotopic (exact) mass is 345 g/mol. The molecule has 0 spiro atoms. The number of benzene rings is 3. The second-order valence-corrected chi connectivity index (χ2v) is 6.28. The fraction of sp³-hybridized carbons (Fsp3) is 0.182. The number of carbonyl (C=O) groups excluding carboxylic acids is 1. The van der Waals surface area contributed by atoms with Crippen molar-refractivity contribution in [1.29, 1.82) is 5.41 Å². The molecule has 4 rings (SSSR count). The van der Waals surface area contributed by atoms with Gasteiger partial charge in [0.05, 0.1) is 6.61 Å². The van der Waals surface area contributed by atoms with Gasteiger partial charge in [0.2, 0.25) is 5.90 Å². The van der Waals surface area contributed by atoms with Crippen molar-refractivity contribution >= 4 is 22.6 Å². The largest absolute Gasteiger partial charge is 0.465 e. The van der Waals surface area contributed by atoms with E-state index < -0.39 is 11.9 Å². The van der Waals surface area contributed by atoms with Gasteiger partial charge in [-0.25, -0.2) is 0 Å². The Morgan fingerprint density at radius 1 is 1.04 bits per heavy atom. The lowest BCUT2D eigenvalue weighted by molar-refractivity contribution is -0.146. The van der Waals surface area contributed by atoms with Crippen LogP contribution in [0.1, 0.15) is 24.0 Å². The molecule has 4 nitrogen and oxygen atoms in total. The second kappa shape index (κ2) is 6.64. The molecule has 0 fully saturated rings. The summed E-state index contributed by atoms with van der Waals surface area (Å²) >= 11 is 0. The highest BCUT2D eigenvalue weighted by Gasteiger charge is 2.43. The first-order valence-electron chi connectivity index (χ1n) is 8.70. The first-order valence-corrected chi connectivity index (χ1v) is 8.70. The molecular formula is C22H19NO3. The molecule has 2 unspecified atom stereocenters. The summed E-state index contributed by atoms with van der Waals surface area (Å²) in [6.07, 6.45) is 0. The fourth-order valence-electron chi connectivity index (χ4n) is 3.68. The van der Waals surface area contributed by atoms with Crippen LogP contribution in [-0.4, -0.2) is 18.5 Å². The third kappa shape index (κ3) is 2.64. The number of nitrogens with one attached hydrogen (secondary N) is 1. The van der Waals surface area contributed by atoms with Crippen LogP contribution in [0.4, 0.5) is 0 Å². The van der Waals surface area contributed by atoms with Gasteiger partial charge in [-0.2, -0.15) is 0 Å². The molecule has 0 amide bonds. The van der Waals surface area contributed by atoms with Crippen LogP contribution in [0, 0.1) is 11.3 Å². The number of hydrogen-bond donors (Lipinski definition) is 1. The Labute approximate surface area is 151 Å². The molecule has 1 N–H and O–H groups in total. The third-order valence-electron chi connectivity index (χ3n) is 4.78. The molecule has 4 heteroatoms. The van der Waals surface area contributed by atoms with Gasteiger partial charge in [0.25, 0.3) is 0 Å². The predicted octanol–water partition coefficient (Wildman–Crippen LogP) is 4.52. The smallest absolute Gasteiger partial charge is 0.319 e. The molecule has 0 saturated heterocycles. The zero-order valence-corrected chi connectivity index (χ0v) is 14.4. The van der Waals surface area contributed by atoms with Gasteiger partial charge in [0.1, 0.15) is 11.7 Å².